The van der Waals surface area contributed by atoms with Crippen molar-refractivity contribution in [3.63, 3.8) is 0 Å². The lowest BCUT2D eigenvalue weighted by Gasteiger charge is -2.37. The molecule has 0 fully saturated rings. The number of halogens is 1. The molecule has 2 heterocycles. The first-order chi connectivity index (χ1) is 13.2. The molecule has 1 aliphatic heterocycles. The van der Waals surface area contributed by atoms with Crippen LogP contribution in [0.5, 0.6) is 5.75 Å². The fraction of sp³-hybridized carbons (Fsp3) is 0.227. The van der Waals surface area contributed by atoms with Crippen LogP contribution < -0.4 is 4.74 Å². The van der Waals surface area contributed by atoms with E-state index in [2.05, 4.69) is 10.6 Å². The van der Waals surface area contributed by atoms with Gasteiger partial charge in [0.25, 0.3) is 0 Å². The highest BCUT2D eigenvalue weighted by molar-refractivity contribution is 5.77. The summed E-state index contributed by atoms with van der Waals surface area (Å²) in [6.07, 6.45) is 2.26. The van der Waals surface area contributed by atoms with E-state index >= 15 is 0 Å². The fourth-order valence-electron chi connectivity index (χ4n) is 3.59. The van der Waals surface area contributed by atoms with Crippen LogP contribution in [0.15, 0.2) is 72.9 Å². The molecule has 27 heavy (non-hydrogen) atoms. The maximum atomic E-state index is 13.7. The van der Waals surface area contributed by atoms with Gasteiger partial charge in [-0.05, 0) is 29.8 Å². The van der Waals surface area contributed by atoms with E-state index in [-0.39, 0.29) is 30.7 Å². The molecule has 0 radical (unpaired) electrons. The first kappa shape index (κ1) is 17.3. The van der Waals surface area contributed by atoms with Gasteiger partial charge in [-0.25, -0.2) is 4.39 Å². The van der Waals surface area contributed by atoms with Crippen molar-refractivity contribution in [1.29, 1.82) is 0 Å². The van der Waals surface area contributed by atoms with E-state index in [0.717, 1.165) is 17.8 Å². The van der Waals surface area contributed by atoms with Crippen molar-refractivity contribution in [3.05, 3.63) is 90.0 Å². The summed E-state index contributed by atoms with van der Waals surface area (Å²) in [7, 11) is 0. The maximum Gasteiger partial charge on any atom is 0.226 e. The van der Waals surface area contributed by atoms with Gasteiger partial charge < -0.3 is 14.2 Å². The van der Waals surface area contributed by atoms with Gasteiger partial charge in [0.05, 0.1) is 19.1 Å². The highest BCUT2D eigenvalue weighted by Gasteiger charge is 2.31. The summed E-state index contributed by atoms with van der Waals surface area (Å²) < 4.78 is 21.3. The van der Waals surface area contributed by atoms with E-state index in [0.29, 0.717) is 6.54 Å². The Kier molecular flexibility index (Phi) is 4.92. The Labute approximate surface area is 157 Å². The SMILES string of the molecule is O=C(CCOc1ccccc1F)N1CCn2cccc2C1c1ccccc1. The Morgan fingerprint density at radius 3 is 2.59 bits per heavy atom. The van der Waals surface area contributed by atoms with E-state index < -0.39 is 5.82 Å². The Morgan fingerprint density at radius 1 is 1.00 bits per heavy atom. The third-order valence-electron chi connectivity index (χ3n) is 4.88. The molecular weight excluding hydrogens is 343 g/mol. The van der Waals surface area contributed by atoms with Crippen molar-refractivity contribution in [1.82, 2.24) is 9.47 Å². The highest BCUT2D eigenvalue weighted by Crippen LogP contribution is 2.32. The summed E-state index contributed by atoms with van der Waals surface area (Å²) in [4.78, 5) is 14.8. The molecule has 3 aromatic rings. The van der Waals surface area contributed by atoms with Crippen LogP contribution in [-0.2, 0) is 11.3 Å². The summed E-state index contributed by atoms with van der Waals surface area (Å²) in [6, 6.07) is 20.2. The smallest absolute Gasteiger partial charge is 0.226 e. The van der Waals surface area contributed by atoms with Crippen molar-refractivity contribution in [2.24, 2.45) is 0 Å². The average molecular weight is 364 g/mol. The van der Waals surface area contributed by atoms with E-state index in [9.17, 15) is 9.18 Å². The summed E-state index contributed by atoms with van der Waals surface area (Å²) in [5.41, 5.74) is 2.19. The van der Waals surface area contributed by atoms with Crippen molar-refractivity contribution in [2.45, 2.75) is 19.0 Å². The van der Waals surface area contributed by atoms with Gasteiger partial charge in [0.15, 0.2) is 11.6 Å². The van der Waals surface area contributed by atoms with Crippen LogP contribution >= 0.6 is 0 Å². The predicted octanol–water partition coefficient (Wildman–Crippen LogP) is 4.03. The summed E-state index contributed by atoms with van der Waals surface area (Å²) in [5.74, 6) is -0.229. The Morgan fingerprint density at radius 2 is 1.78 bits per heavy atom. The number of carbonyl (C=O) groups excluding carboxylic acids is 1. The molecule has 0 saturated heterocycles. The van der Waals surface area contributed by atoms with Gasteiger partial charge in [0.1, 0.15) is 0 Å². The molecule has 2 aromatic carbocycles. The third-order valence-corrected chi connectivity index (χ3v) is 4.88. The summed E-state index contributed by atoms with van der Waals surface area (Å²) in [5, 5.41) is 0. The number of nitrogens with zero attached hydrogens (tertiary/aromatic N) is 2. The molecule has 4 nitrogen and oxygen atoms in total. The molecule has 0 saturated carbocycles. The van der Waals surface area contributed by atoms with Crippen molar-refractivity contribution >= 4 is 5.91 Å². The number of hydrogen-bond donors (Lipinski definition) is 0. The molecule has 0 bridgehead atoms. The molecule has 4 rings (SSSR count). The monoisotopic (exact) mass is 364 g/mol. The van der Waals surface area contributed by atoms with Gasteiger partial charge in [0, 0.05) is 25.0 Å². The number of amides is 1. The van der Waals surface area contributed by atoms with Gasteiger partial charge in [-0.1, -0.05) is 42.5 Å². The molecule has 0 spiro atoms. The number of benzene rings is 2. The summed E-state index contributed by atoms with van der Waals surface area (Å²) in [6.45, 7) is 1.56. The number of rotatable bonds is 5. The number of ether oxygens (including phenoxy) is 1. The Hall–Kier alpha value is -3.08. The largest absolute Gasteiger partial charge is 0.490 e. The molecular formula is C22H21FN2O2. The van der Waals surface area contributed by atoms with Gasteiger partial charge >= 0.3 is 0 Å². The predicted molar refractivity (Wildman–Crippen MR) is 101 cm³/mol. The average Bonchev–Trinajstić information content (AvgIpc) is 3.18. The standard InChI is InChI=1S/C22H21FN2O2/c23-18-9-4-5-11-20(18)27-16-12-21(26)25-15-14-24-13-6-10-19(24)22(25)17-7-2-1-3-8-17/h1-11,13,22H,12,14-16H2. The second-order valence-electron chi connectivity index (χ2n) is 6.56. The van der Waals surface area contributed by atoms with Crippen LogP contribution in [0.3, 0.4) is 0 Å². The zero-order valence-electron chi connectivity index (χ0n) is 14.9. The second kappa shape index (κ2) is 7.66. The van der Waals surface area contributed by atoms with Crippen LogP contribution in [0.2, 0.25) is 0 Å². The van der Waals surface area contributed by atoms with E-state index in [1.807, 2.05) is 47.5 Å². The lowest BCUT2D eigenvalue weighted by atomic mass is 9.99. The van der Waals surface area contributed by atoms with Crippen LogP contribution in [0.25, 0.3) is 0 Å². The van der Waals surface area contributed by atoms with E-state index in [4.69, 9.17) is 4.74 Å². The number of para-hydroxylation sites is 1. The third kappa shape index (κ3) is 3.58. The number of aromatic nitrogens is 1. The zero-order valence-corrected chi connectivity index (χ0v) is 14.9. The highest BCUT2D eigenvalue weighted by atomic mass is 19.1. The quantitative estimate of drug-likeness (QED) is 0.685. The number of carbonyl (C=O) groups is 1. The minimum absolute atomic E-state index is 0.00708. The van der Waals surface area contributed by atoms with Gasteiger partial charge in [-0.3, -0.25) is 4.79 Å². The lowest BCUT2D eigenvalue weighted by molar-refractivity contribution is -0.134. The number of hydrogen-bond acceptors (Lipinski definition) is 2. The van der Waals surface area contributed by atoms with Crippen molar-refractivity contribution < 1.29 is 13.9 Å². The molecule has 0 aliphatic carbocycles. The number of fused-ring (bicyclic) bond motifs is 1. The fourth-order valence-corrected chi connectivity index (χ4v) is 3.59. The zero-order chi connectivity index (χ0) is 18.6. The Bertz CT molecular complexity index is 923. The lowest BCUT2D eigenvalue weighted by Crippen LogP contribution is -2.42. The molecule has 1 aromatic heterocycles. The summed E-state index contributed by atoms with van der Waals surface area (Å²) >= 11 is 0. The van der Waals surface area contributed by atoms with Crippen LogP contribution in [0.1, 0.15) is 23.7 Å². The minimum Gasteiger partial charge on any atom is -0.490 e. The van der Waals surface area contributed by atoms with Crippen LogP contribution in [0.4, 0.5) is 4.39 Å². The molecule has 1 amide bonds. The van der Waals surface area contributed by atoms with Gasteiger partial charge in [0.2, 0.25) is 5.91 Å². The molecule has 1 unspecified atom stereocenters. The second-order valence-corrected chi connectivity index (χ2v) is 6.56. The first-order valence-electron chi connectivity index (χ1n) is 9.11. The topological polar surface area (TPSA) is 34.5 Å². The first-order valence-corrected chi connectivity index (χ1v) is 9.11. The van der Waals surface area contributed by atoms with Gasteiger partial charge in [-0.2, -0.15) is 0 Å². The molecule has 5 heteroatoms. The minimum atomic E-state index is -0.414. The van der Waals surface area contributed by atoms with Gasteiger partial charge in [-0.15, -0.1) is 0 Å². The van der Waals surface area contributed by atoms with E-state index in [1.54, 1.807) is 18.2 Å². The molecule has 1 aliphatic rings. The van der Waals surface area contributed by atoms with E-state index in [1.165, 1.54) is 6.07 Å². The molecule has 0 N–H and O–H groups in total. The molecule has 138 valence electrons. The maximum absolute atomic E-state index is 13.7. The normalized spacial score (nSPS) is 16.0. The molecule has 1 atom stereocenters. The van der Waals surface area contributed by atoms with Crippen molar-refractivity contribution in [3.8, 4) is 5.75 Å². The van der Waals surface area contributed by atoms with Crippen LogP contribution in [0, 0.1) is 5.82 Å². The van der Waals surface area contributed by atoms with Crippen LogP contribution in [-0.4, -0.2) is 28.5 Å². The van der Waals surface area contributed by atoms with Crippen molar-refractivity contribution in [2.75, 3.05) is 13.2 Å². The Balaban J connectivity index is 1.49.